The van der Waals surface area contributed by atoms with Crippen molar-refractivity contribution in [3.63, 3.8) is 0 Å². The lowest BCUT2D eigenvalue weighted by molar-refractivity contribution is -0.121. The molecule has 144 valence electrons. The van der Waals surface area contributed by atoms with Gasteiger partial charge in [-0.1, -0.05) is 48.3 Å². The first-order valence-corrected chi connectivity index (χ1v) is 9.45. The Labute approximate surface area is 169 Å². The molecule has 0 aromatic heterocycles. The van der Waals surface area contributed by atoms with E-state index in [2.05, 4.69) is 5.32 Å². The van der Waals surface area contributed by atoms with Crippen molar-refractivity contribution in [2.24, 2.45) is 0 Å². The summed E-state index contributed by atoms with van der Waals surface area (Å²) >= 11 is 12.0. The molecular weight excluding hydrogens is 385 g/mol. The van der Waals surface area contributed by atoms with Gasteiger partial charge in [-0.25, -0.2) is 0 Å². The summed E-state index contributed by atoms with van der Waals surface area (Å²) in [5, 5.41) is 3.64. The molecule has 2 aromatic rings. The van der Waals surface area contributed by atoms with E-state index >= 15 is 0 Å². The molecule has 0 aliphatic heterocycles. The summed E-state index contributed by atoms with van der Waals surface area (Å²) in [6.07, 6.45) is 0.831. The number of likely N-dealkylation sites (N-methyl/N-ethyl adjacent to an activating group) is 1. The number of carbonyl (C=O) groups is 2. The van der Waals surface area contributed by atoms with Gasteiger partial charge in [-0.3, -0.25) is 14.5 Å². The Morgan fingerprint density at radius 2 is 1.74 bits per heavy atom. The van der Waals surface area contributed by atoms with Crippen LogP contribution in [0.15, 0.2) is 48.5 Å². The largest absolute Gasteiger partial charge is 0.324 e. The van der Waals surface area contributed by atoms with Gasteiger partial charge in [0.05, 0.1) is 23.8 Å². The lowest BCUT2D eigenvalue weighted by Gasteiger charge is -2.24. The topological polar surface area (TPSA) is 52.7 Å². The Balaban J connectivity index is 1.97. The van der Waals surface area contributed by atoms with E-state index in [1.54, 1.807) is 30.1 Å². The second-order valence-corrected chi connectivity index (χ2v) is 7.01. The number of benzene rings is 2. The molecule has 2 amide bonds. The van der Waals surface area contributed by atoms with Gasteiger partial charge >= 0.3 is 0 Å². The molecule has 0 fully saturated rings. The van der Waals surface area contributed by atoms with Gasteiger partial charge in [-0.15, -0.1) is 0 Å². The molecule has 5 nitrogen and oxygen atoms in total. The molecule has 2 aromatic carbocycles. The highest BCUT2D eigenvalue weighted by molar-refractivity contribution is 6.36. The van der Waals surface area contributed by atoms with E-state index in [0.717, 1.165) is 12.1 Å². The van der Waals surface area contributed by atoms with Crippen molar-refractivity contribution in [3.05, 3.63) is 58.6 Å². The molecule has 0 saturated heterocycles. The van der Waals surface area contributed by atoms with Crippen LogP contribution < -0.4 is 10.2 Å². The van der Waals surface area contributed by atoms with E-state index < -0.39 is 0 Å². The Morgan fingerprint density at radius 1 is 1.04 bits per heavy atom. The van der Waals surface area contributed by atoms with Crippen molar-refractivity contribution in [2.45, 2.75) is 13.3 Å². The minimum Gasteiger partial charge on any atom is -0.324 e. The van der Waals surface area contributed by atoms with Crippen molar-refractivity contribution < 1.29 is 9.59 Å². The zero-order chi connectivity index (χ0) is 19.8. The molecule has 0 bridgehead atoms. The fraction of sp³-hybridized carbons (Fsp3) is 0.300. The molecule has 0 aliphatic carbocycles. The molecule has 0 saturated carbocycles. The van der Waals surface area contributed by atoms with Crippen molar-refractivity contribution in [2.75, 3.05) is 36.9 Å². The summed E-state index contributed by atoms with van der Waals surface area (Å²) in [5.41, 5.74) is 1.31. The van der Waals surface area contributed by atoms with Crippen molar-refractivity contribution in [3.8, 4) is 0 Å². The molecule has 2 rings (SSSR count). The van der Waals surface area contributed by atoms with E-state index in [-0.39, 0.29) is 24.9 Å². The average molecular weight is 408 g/mol. The van der Waals surface area contributed by atoms with Gasteiger partial charge in [0.2, 0.25) is 11.8 Å². The minimum atomic E-state index is -0.233. The predicted molar refractivity (Wildman–Crippen MR) is 112 cm³/mol. The zero-order valence-electron chi connectivity index (χ0n) is 15.4. The first-order chi connectivity index (χ1) is 12.9. The first kappa shape index (κ1) is 21.2. The second-order valence-electron chi connectivity index (χ2n) is 6.17. The second kappa shape index (κ2) is 10.3. The fourth-order valence-electron chi connectivity index (χ4n) is 2.61. The van der Waals surface area contributed by atoms with Gasteiger partial charge in [0.25, 0.3) is 0 Å². The van der Waals surface area contributed by atoms with Crippen LogP contribution in [0, 0.1) is 0 Å². The Kier molecular flexibility index (Phi) is 8.10. The number of hydrogen-bond donors (Lipinski definition) is 1. The fourth-order valence-corrected chi connectivity index (χ4v) is 3.06. The maximum absolute atomic E-state index is 12.6. The SMILES string of the molecule is CCCN(CC(=O)Nc1ccc(Cl)cc1Cl)CC(=O)N(C)c1ccccc1. The van der Waals surface area contributed by atoms with E-state index in [4.69, 9.17) is 23.2 Å². The number of rotatable bonds is 8. The maximum Gasteiger partial charge on any atom is 0.240 e. The normalized spacial score (nSPS) is 10.7. The van der Waals surface area contributed by atoms with Gasteiger partial charge in [0.1, 0.15) is 0 Å². The van der Waals surface area contributed by atoms with Gasteiger partial charge in [0.15, 0.2) is 0 Å². The number of nitrogens with one attached hydrogen (secondary N) is 1. The van der Waals surface area contributed by atoms with E-state index in [1.807, 2.05) is 42.2 Å². The van der Waals surface area contributed by atoms with Crippen molar-refractivity contribution in [1.29, 1.82) is 0 Å². The third-order valence-electron chi connectivity index (χ3n) is 3.99. The molecule has 0 heterocycles. The van der Waals surface area contributed by atoms with Crippen molar-refractivity contribution >= 4 is 46.4 Å². The zero-order valence-corrected chi connectivity index (χ0v) is 16.9. The number of para-hydroxylation sites is 1. The summed E-state index contributed by atoms with van der Waals surface area (Å²) in [7, 11) is 1.73. The minimum absolute atomic E-state index is 0.0769. The number of halogens is 2. The van der Waals surface area contributed by atoms with E-state index in [0.29, 0.717) is 22.3 Å². The van der Waals surface area contributed by atoms with Crippen LogP contribution in [-0.2, 0) is 9.59 Å². The summed E-state index contributed by atoms with van der Waals surface area (Å²) in [4.78, 5) is 28.4. The molecule has 7 heteroatoms. The van der Waals surface area contributed by atoms with Crippen LogP contribution >= 0.6 is 23.2 Å². The highest BCUT2D eigenvalue weighted by atomic mass is 35.5. The summed E-state index contributed by atoms with van der Waals surface area (Å²) in [6, 6.07) is 14.3. The number of hydrogen-bond acceptors (Lipinski definition) is 3. The number of anilines is 2. The first-order valence-electron chi connectivity index (χ1n) is 8.69. The molecule has 0 spiro atoms. The molecular formula is C20H23Cl2N3O2. The predicted octanol–water partition coefficient (Wildman–Crippen LogP) is 4.31. The lowest BCUT2D eigenvalue weighted by Crippen LogP contribution is -2.42. The standard InChI is InChI=1S/C20H23Cl2N3O2/c1-3-11-25(14-20(27)24(2)16-7-5-4-6-8-16)13-19(26)23-18-10-9-15(21)12-17(18)22/h4-10,12H,3,11,13-14H2,1-2H3,(H,23,26). The Hall–Kier alpha value is -2.08. The molecule has 0 aliphatic rings. The van der Waals surface area contributed by atoms with E-state index in [1.165, 1.54) is 0 Å². The number of nitrogens with zero attached hydrogens (tertiary/aromatic N) is 2. The average Bonchev–Trinajstić information content (AvgIpc) is 2.64. The van der Waals surface area contributed by atoms with Gasteiger partial charge < -0.3 is 10.2 Å². The summed E-state index contributed by atoms with van der Waals surface area (Å²) < 4.78 is 0. The number of carbonyl (C=O) groups excluding carboxylic acids is 2. The molecule has 0 atom stereocenters. The Morgan fingerprint density at radius 3 is 2.37 bits per heavy atom. The van der Waals surface area contributed by atoms with E-state index in [9.17, 15) is 9.59 Å². The maximum atomic E-state index is 12.6. The Bertz CT molecular complexity index is 784. The van der Waals surface area contributed by atoms with Crippen LogP contribution in [0.2, 0.25) is 10.0 Å². The molecule has 0 unspecified atom stereocenters. The quantitative estimate of drug-likeness (QED) is 0.709. The lowest BCUT2D eigenvalue weighted by atomic mass is 10.3. The highest BCUT2D eigenvalue weighted by Gasteiger charge is 2.18. The van der Waals surface area contributed by atoms with Gasteiger partial charge in [-0.2, -0.15) is 0 Å². The van der Waals surface area contributed by atoms with Crippen molar-refractivity contribution in [1.82, 2.24) is 4.90 Å². The van der Waals surface area contributed by atoms with Crippen LogP contribution in [0.4, 0.5) is 11.4 Å². The smallest absolute Gasteiger partial charge is 0.240 e. The molecule has 1 N–H and O–H groups in total. The van der Waals surface area contributed by atoms with Gasteiger partial charge in [-0.05, 0) is 43.3 Å². The summed E-state index contributed by atoms with van der Waals surface area (Å²) in [6.45, 7) is 2.89. The van der Waals surface area contributed by atoms with Crippen LogP contribution in [0.3, 0.4) is 0 Å². The highest BCUT2D eigenvalue weighted by Crippen LogP contribution is 2.25. The monoisotopic (exact) mass is 407 g/mol. The van der Waals surface area contributed by atoms with Crippen LogP contribution in [0.1, 0.15) is 13.3 Å². The molecule has 0 radical (unpaired) electrons. The van der Waals surface area contributed by atoms with Gasteiger partial charge in [0, 0.05) is 17.8 Å². The van der Waals surface area contributed by atoms with Crippen LogP contribution in [0.25, 0.3) is 0 Å². The third kappa shape index (κ3) is 6.54. The summed E-state index contributed by atoms with van der Waals surface area (Å²) in [5.74, 6) is -0.310. The van der Waals surface area contributed by atoms with Crippen LogP contribution in [-0.4, -0.2) is 43.4 Å². The number of amides is 2. The third-order valence-corrected chi connectivity index (χ3v) is 4.54. The van der Waals surface area contributed by atoms with Crippen LogP contribution in [0.5, 0.6) is 0 Å². The molecule has 27 heavy (non-hydrogen) atoms.